The Kier molecular flexibility index (Phi) is 7.16. The Bertz CT molecular complexity index is 499. The topological polar surface area (TPSA) is 48.0 Å². The maximum atomic E-state index is 12.3. The molecule has 1 rings (SSSR count). The lowest BCUT2D eigenvalue weighted by Crippen LogP contribution is -2.38. The van der Waals surface area contributed by atoms with Crippen LogP contribution >= 0.6 is 15.9 Å². The normalized spacial score (nSPS) is 11.2. The van der Waals surface area contributed by atoms with E-state index < -0.39 is 5.60 Å². The first kappa shape index (κ1) is 18.8. The highest BCUT2D eigenvalue weighted by atomic mass is 79.9. The van der Waals surface area contributed by atoms with E-state index in [9.17, 15) is 4.79 Å². The minimum Gasteiger partial charge on any atom is -0.495 e. The second kappa shape index (κ2) is 8.39. The third kappa shape index (κ3) is 5.85. The van der Waals surface area contributed by atoms with Crippen molar-refractivity contribution in [1.82, 2.24) is 4.90 Å². The van der Waals surface area contributed by atoms with E-state index in [1.54, 1.807) is 19.1 Å². The Morgan fingerprint density at radius 1 is 1.27 bits per heavy atom. The van der Waals surface area contributed by atoms with Crippen LogP contribution in [0, 0.1) is 0 Å². The van der Waals surface area contributed by atoms with Gasteiger partial charge in [0.05, 0.1) is 24.7 Å². The fourth-order valence-electron chi connectivity index (χ4n) is 1.88. The number of carbonyl (C=O) groups is 1. The summed E-state index contributed by atoms with van der Waals surface area (Å²) in [6.45, 7) is 6.81. The number of para-hydroxylation sites is 1. The van der Waals surface area contributed by atoms with Crippen LogP contribution in [0.2, 0.25) is 0 Å². The van der Waals surface area contributed by atoms with Crippen LogP contribution in [0.5, 0.6) is 5.75 Å². The van der Waals surface area contributed by atoms with Gasteiger partial charge in [-0.25, -0.2) is 4.79 Å². The number of methoxy groups -OCH3 is 2. The van der Waals surface area contributed by atoms with E-state index in [-0.39, 0.29) is 6.09 Å². The minimum absolute atomic E-state index is 0.369. The lowest BCUT2D eigenvalue weighted by atomic mass is 10.2. The molecule has 124 valence electrons. The summed E-state index contributed by atoms with van der Waals surface area (Å²) in [5.74, 6) is 0.716. The summed E-state index contributed by atoms with van der Waals surface area (Å²) < 4.78 is 16.8. The number of carbonyl (C=O) groups excluding carboxylic acids is 1. The lowest BCUT2D eigenvalue weighted by Gasteiger charge is -2.27. The van der Waals surface area contributed by atoms with Gasteiger partial charge in [-0.3, -0.25) is 0 Å². The summed E-state index contributed by atoms with van der Waals surface area (Å²) in [6, 6.07) is 5.73. The molecule has 0 aromatic heterocycles. The van der Waals surface area contributed by atoms with Crippen molar-refractivity contribution in [3.05, 3.63) is 28.2 Å². The Morgan fingerprint density at radius 3 is 2.50 bits per heavy atom. The second-order valence-corrected chi connectivity index (χ2v) is 6.68. The molecule has 1 amide bonds. The van der Waals surface area contributed by atoms with Crippen LogP contribution in [0.25, 0.3) is 0 Å². The fraction of sp³-hybridized carbons (Fsp3) is 0.562. The molecule has 1 aromatic rings. The van der Waals surface area contributed by atoms with Crippen molar-refractivity contribution in [3.8, 4) is 5.75 Å². The van der Waals surface area contributed by atoms with E-state index in [1.807, 2.05) is 39.0 Å². The predicted octanol–water partition coefficient (Wildman–Crippen LogP) is 3.84. The Hall–Kier alpha value is -1.27. The number of benzene rings is 1. The highest BCUT2D eigenvalue weighted by Gasteiger charge is 2.23. The highest BCUT2D eigenvalue weighted by Crippen LogP contribution is 2.29. The smallest absolute Gasteiger partial charge is 0.410 e. The van der Waals surface area contributed by atoms with E-state index in [0.717, 1.165) is 10.0 Å². The van der Waals surface area contributed by atoms with Gasteiger partial charge in [-0.05, 0) is 42.8 Å². The molecule has 0 unspecified atom stereocenters. The maximum Gasteiger partial charge on any atom is 0.410 e. The van der Waals surface area contributed by atoms with Crippen molar-refractivity contribution in [2.24, 2.45) is 0 Å². The third-order valence-electron chi connectivity index (χ3n) is 2.83. The lowest BCUT2D eigenvalue weighted by molar-refractivity contribution is 0.0183. The summed E-state index contributed by atoms with van der Waals surface area (Å²) in [4.78, 5) is 14.0. The average Bonchev–Trinajstić information content (AvgIpc) is 2.41. The molecule has 0 aliphatic heterocycles. The SMILES string of the molecule is COCCN(Cc1cccc(Br)c1OC)C(=O)OC(C)(C)C. The molecule has 0 radical (unpaired) electrons. The Morgan fingerprint density at radius 2 is 1.95 bits per heavy atom. The van der Waals surface area contributed by atoms with E-state index in [2.05, 4.69) is 15.9 Å². The third-order valence-corrected chi connectivity index (χ3v) is 3.46. The number of halogens is 1. The van der Waals surface area contributed by atoms with E-state index in [0.29, 0.717) is 25.4 Å². The molecule has 5 nitrogen and oxygen atoms in total. The summed E-state index contributed by atoms with van der Waals surface area (Å²) in [6.07, 6.45) is -0.369. The number of rotatable bonds is 6. The van der Waals surface area contributed by atoms with Crippen molar-refractivity contribution in [2.75, 3.05) is 27.4 Å². The van der Waals surface area contributed by atoms with E-state index >= 15 is 0 Å². The van der Waals surface area contributed by atoms with Crippen molar-refractivity contribution in [1.29, 1.82) is 0 Å². The molecule has 0 fully saturated rings. The van der Waals surface area contributed by atoms with Crippen LogP contribution < -0.4 is 4.74 Å². The average molecular weight is 374 g/mol. The van der Waals surface area contributed by atoms with Crippen molar-refractivity contribution < 1.29 is 19.0 Å². The van der Waals surface area contributed by atoms with Crippen molar-refractivity contribution in [3.63, 3.8) is 0 Å². The number of ether oxygens (including phenoxy) is 3. The number of amides is 1. The molecule has 22 heavy (non-hydrogen) atoms. The zero-order valence-electron chi connectivity index (χ0n) is 13.8. The zero-order chi connectivity index (χ0) is 16.8. The standard InChI is InChI=1S/C16H24BrNO4/c1-16(2,3)22-15(19)18(9-10-20-4)11-12-7-6-8-13(17)14(12)21-5/h6-8H,9-11H2,1-5H3. The van der Waals surface area contributed by atoms with Gasteiger partial charge in [-0.2, -0.15) is 0 Å². The van der Waals surface area contributed by atoms with E-state index in [4.69, 9.17) is 14.2 Å². The van der Waals surface area contributed by atoms with Gasteiger partial charge in [0, 0.05) is 19.2 Å². The summed E-state index contributed by atoms with van der Waals surface area (Å²) in [7, 11) is 3.21. The fourth-order valence-corrected chi connectivity index (χ4v) is 2.44. The molecular weight excluding hydrogens is 350 g/mol. The monoisotopic (exact) mass is 373 g/mol. The first-order valence-corrected chi connectivity index (χ1v) is 7.86. The summed E-state index contributed by atoms with van der Waals surface area (Å²) in [5, 5.41) is 0. The molecule has 0 saturated carbocycles. The number of hydrogen-bond donors (Lipinski definition) is 0. The molecule has 0 spiro atoms. The van der Waals surface area contributed by atoms with Crippen LogP contribution in [0.3, 0.4) is 0 Å². The van der Waals surface area contributed by atoms with Crippen LogP contribution in [0.15, 0.2) is 22.7 Å². The van der Waals surface area contributed by atoms with Gasteiger partial charge in [-0.15, -0.1) is 0 Å². The van der Waals surface area contributed by atoms with Gasteiger partial charge in [0.1, 0.15) is 11.4 Å². The van der Waals surface area contributed by atoms with Gasteiger partial charge in [-0.1, -0.05) is 12.1 Å². The molecule has 0 atom stereocenters. The Balaban J connectivity index is 2.94. The first-order chi connectivity index (χ1) is 10.3. The van der Waals surface area contributed by atoms with Crippen molar-refractivity contribution in [2.45, 2.75) is 32.9 Å². The molecule has 0 saturated heterocycles. The van der Waals surface area contributed by atoms with Crippen LogP contribution in [-0.4, -0.2) is 44.0 Å². The molecule has 0 bridgehead atoms. The predicted molar refractivity (Wildman–Crippen MR) is 89.2 cm³/mol. The first-order valence-electron chi connectivity index (χ1n) is 7.06. The number of hydrogen-bond acceptors (Lipinski definition) is 4. The molecule has 0 N–H and O–H groups in total. The van der Waals surface area contributed by atoms with E-state index in [1.165, 1.54) is 0 Å². The van der Waals surface area contributed by atoms with Gasteiger partial charge in [0.25, 0.3) is 0 Å². The molecule has 1 aromatic carbocycles. The molecule has 6 heteroatoms. The quantitative estimate of drug-likeness (QED) is 0.759. The molecular formula is C16H24BrNO4. The zero-order valence-corrected chi connectivity index (χ0v) is 15.4. The minimum atomic E-state index is -0.538. The van der Waals surface area contributed by atoms with Crippen LogP contribution in [0.1, 0.15) is 26.3 Å². The molecule has 0 heterocycles. The summed E-state index contributed by atoms with van der Waals surface area (Å²) in [5.41, 5.74) is 0.364. The Labute approximate surface area is 140 Å². The largest absolute Gasteiger partial charge is 0.495 e. The van der Waals surface area contributed by atoms with Gasteiger partial charge in [0.15, 0.2) is 0 Å². The molecule has 0 aliphatic rings. The van der Waals surface area contributed by atoms with Gasteiger partial charge >= 0.3 is 6.09 Å². The van der Waals surface area contributed by atoms with Crippen molar-refractivity contribution >= 4 is 22.0 Å². The summed E-state index contributed by atoms with van der Waals surface area (Å²) >= 11 is 3.45. The van der Waals surface area contributed by atoms with Crippen LogP contribution in [0.4, 0.5) is 4.79 Å². The second-order valence-electron chi connectivity index (χ2n) is 5.83. The maximum absolute atomic E-state index is 12.3. The van der Waals surface area contributed by atoms with Crippen LogP contribution in [-0.2, 0) is 16.0 Å². The van der Waals surface area contributed by atoms with Gasteiger partial charge in [0.2, 0.25) is 0 Å². The molecule has 0 aliphatic carbocycles. The number of nitrogens with zero attached hydrogens (tertiary/aromatic N) is 1. The highest BCUT2D eigenvalue weighted by molar-refractivity contribution is 9.10. The van der Waals surface area contributed by atoms with Gasteiger partial charge < -0.3 is 19.1 Å².